The van der Waals surface area contributed by atoms with Crippen LogP contribution in [0.15, 0.2) is 48.5 Å². The summed E-state index contributed by atoms with van der Waals surface area (Å²) in [5, 5.41) is 0. The zero-order valence-electron chi connectivity index (χ0n) is 11.1. The van der Waals surface area contributed by atoms with Crippen LogP contribution in [0.3, 0.4) is 0 Å². The van der Waals surface area contributed by atoms with Crippen molar-refractivity contribution < 1.29 is 9.53 Å². The molecule has 0 spiro atoms. The van der Waals surface area contributed by atoms with E-state index >= 15 is 0 Å². The number of carbonyl (C=O) groups excluding carboxylic acids is 1. The van der Waals surface area contributed by atoms with E-state index in [2.05, 4.69) is 0 Å². The Bertz CT molecular complexity index is 596. The molecule has 0 radical (unpaired) electrons. The van der Waals surface area contributed by atoms with Crippen molar-refractivity contribution in [2.75, 3.05) is 0 Å². The summed E-state index contributed by atoms with van der Waals surface area (Å²) in [7, 11) is 0. The molecule has 3 rings (SSSR count). The van der Waals surface area contributed by atoms with Crippen molar-refractivity contribution in [2.24, 2.45) is 0 Å². The van der Waals surface area contributed by atoms with Crippen LogP contribution in [0, 0.1) is 13.8 Å². The molecule has 1 aliphatic rings. The van der Waals surface area contributed by atoms with Gasteiger partial charge in [0.15, 0.2) is 11.9 Å². The minimum atomic E-state index is -0.314. The number of hydrogen-bond donors (Lipinski definition) is 0. The number of benzene rings is 2. The van der Waals surface area contributed by atoms with Crippen LogP contribution in [0.25, 0.3) is 0 Å². The van der Waals surface area contributed by atoms with Gasteiger partial charge in [0.2, 0.25) is 0 Å². The van der Waals surface area contributed by atoms with Crippen LogP contribution in [0.4, 0.5) is 0 Å². The second kappa shape index (κ2) is 4.63. The number of ketones is 1. The van der Waals surface area contributed by atoms with Crippen molar-refractivity contribution in [3.63, 3.8) is 0 Å². The maximum absolute atomic E-state index is 12.2. The van der Waals surface area contributed by atoms with E-state index in [-0.39, 0.29) is 18.0 Å². The van der Waals surface area contributed by atoms with Crippen molar-refractivity contribution in [3.8, 4) is 0 Å². The first kappa shape index (κ1) is 12.1. The van der Waals surface area contributed by atoms with Crippen molar-refractivity contribution in [2.45, 2.75) is 26.1 Å². The molecule has 96 valence electrons. The Morgan fingerprint density at radius 3 is 2.00 bits per heavy atom. The van der Waals surface area contributed by atoms with Crippen LogP contribution in [-0.4, -0.2) is 11.9 Å². The highest BCUT2D eigenvalue weighted by atomic mass is 16.6. The topological polar surface area (TPSA) is 29.6 Å². The Hall–Kier alpha value is -1.93. The number of rotatable bonds is 3. The number of hydrogen-bond acceptors (Lipinski definition) is 2. The van der Waals surface area contributed by atoms with E-state index in [1.807, 2.05) is 62.4 Å². The molecule has 0 aliphatic carbocycles. The van der Waals surface area contributed by atoms with Crippen LogP contribution in [-0.2, 0) is 4.74 Å². The van der Waals surface area contributed by atoms with E-state index < -0.39 is 0 Å². The first-order valence-electron chi connectivity index (χ1n) is 6.48. The van der Waals surface area contributed by atoms with Crippen molar-refractivity contribution >= 4 is 5.78 Å². The summed E-state index contributed by atoms with van der Waals surface area (Å²) in [6.07, 6.45) is -0.389. The lowest BCUT2D eigenvalue weighted by molar-refractivity contribution is 0.0953. The van der Waals surface area contributed by atoms with Gasteiger partial charge in [-0.25, -0.2) is 0 Å². The summed E-state index contributed by atoms with van der Waals surface area (Å²) in [5.74, 6) is 0.0746. The predicted octanol–water partition coefficient (Wildman–Crippen LogP) is 3.63. The van der Waals surface area contributed by atoms with E-state index in [4.69, 9.17) is 4.74 Å². The molecule has 1 saturated heterocycles. The Kier molecular flexibility index (Phi) is 2.96. The predicted molar refractivity (Wildman–Crippen MR) is 74.3 cm³/mol. The summed E-state index contributed by atoms with van der Waals surface area (Å²) in [5.41, 5.74) is 4.18. The largest absolute Gasteiger partial charge is 0.356 e. The number of epoxide rings is 1. The van der Waals surface area contributed by atoms with Gasteiger partial charge < -0.3 is 4.74 Å². The van der Waals surface area contributed by atoms with Gasteiger partial charge in [-0.15, -0.1) is 0 Å². The SMILES string of the molecule is Cc1ccc(C(=O)[C@@H]2O[C@H]2c2ccc(C)cc2)cc1. The van der Waals surface area contributed by atoms with Gasteiger partial charge in [-0.3, -0.25) is 4.79 Å². The maximum atomic E-state index is 12.2. The third-order valence-electron chi connectivity index (χ3n) is 3.49. The fourth-order valence-corrected chi connectivity index (χ4v) is 2.20. The standard InChI is InChI=1S/C17H16O2/c1-11-3-7-13(8-4-11)15(18)17-16(19-17)14-9-5-12(2)6-10-14/h3-10,16-17H,1-2H3/t16-,17-/m0/s1. The minimum absolute atomic E-state index is 0.0746. The number of ether oxygens (including phenoxy) is 1. The highest BCUT2D eigenvalue weighted by molar-refractivity contribution is 6.01. The van der Waals surface area contributed by atoms with E-state index in [9.17, 15) is 4.79 Å². The van der Waals surface area contributed by atoms with Crippen LogP contribution in [0.2, 0.25) is 0 Å². The zero-order chi connectivity index (χ0) is 13.4. The van der Waals surface area contributed by atoms with E-state index in [1.165, 1.54) is 5.56 Å². The molecule has 1 fully saturated rings. The third-order valence-corrected chi connectivity index (χ3v) is 3.49. The summed E-state index contributed by atoms with van der Waals surface area (Å²) >= 11 is 0. The van der Waals surface area contributed by atoms with E-state index in [1.54, 1.807) is 0 Å². The molecule has 0 N–H and O–H groups in total. The molecule has 0 saturated carbocycles. The van der Waals surface area contributed by atoms with E-state index in [0.717, 1.165) is 16.7 Å². The number of carbonyl (C=O) groups is 1. The fraction of sp³-hybridized carbons (Fsp3) is 0.235. The Labute approximate surface area is 113 Å². The van der Waals surface area contributed by atoms with Gasteiger partial charge in [0.1, 0.15) is 6.10 Å². The average molecular weight is 252 g/mol. The molecular weight excluding hydrogens is 236 g/mol. The van der Waals surface area contributed by atoms with Gasteiger partial charge >= 0.3 is 0 Å². The van der Waals surface area contributed by atoms with E-state index in [0.29, 0.717) is 0 Å². The van der Waals surface area contributed by atoms with Crippen molar-refractivity contribution in [3.05, 3.63) is 70.8 Å². The molecule has 2 aromatic rings. The van der Waals surface area contributed by atoms with Crippen molar-refractivity contribution in [1.82, 2.24) is 0 Å². The van der Waals surface area contributed by atoms with Gasteiger partial charge in [0.25, 0.3) is 0 Å². The molecule has 0 amide bonds. The number of aryl methyl sites for hydroxylation is 2. The zero-order valence-corrected chi connectivity index (χ0v) is 11.1. The Morgan fingerprint density at radius 2 is 1.42 bits per heavy atom. The first-order chi connectivity index (χ1) is 9.15. The lowest BCUT2D eigenvalue weighted by Gasteiger charge is -1.99. The highest BCUT2D eigenvalue weighted by Gasteiger charge is 2.45. The molecule has 1 aliphatic heterocycles. The average Bonchev–Trinajstić information content (AvgIpc) is 3.20. The molecule has 0 aromatic heterocycles. The van der Waals surface area contributed by atoms with Crippen LogP contribution in [0.5, 0.6) is 0 Å². The van der Waals surface area contributed by atoms with Crippen LogP contribution >= 0.6 is 0 Å². The Balaban J connectivity index is 1.74. The molecule has 2 aromatic carbocycles. The molecule has 0 bridgehead atoms. The van der Waals surface area contributed by atoms with Gasteiger partial charge in [-0.2, -0.15) is 0 Å². The molecule has 0 unspecified atom stereocenters. The second-order valence-corrected chi connectivity index (χ2v) is 5.12. The van der Waals surface area contributed by atoms with Gasteiger partial charge in [0.05, 0.1) is 0 Å². The molecule has 2 heteroatoms. The third kappa shape index (κ3) is 2.45. The Morgan fingerprint density at radius 1 is 0.895 bits per heavy atom. The summed E-state index contributed by atoms with van der Waals surface area (Å²) < 4.78 is 5.54. The molecule has 2 nitrogen and oxygen atoms in total. The summed E-state index contributed by atoms with van der Waals surface area (Å²) in [4.78, 5) is 12.2. The summed E-state index contributed by atoms with van der Waals surface area (Å²) in [6, 6.07) is 15.8. The monoisotopic (exact) mass is 252 g/mol. The normalized spacial score (nSPS) is 21.2. The quantitative estimate of drug-likeness (QED) is 0.616. The molecular formula is C17H16O2. The maximum Gasteiger partial charge on any atom is 0.194 e. The number of Topliss-reactive ketones (excluding diaryl/α,β-unsaturated/α-hetero) is 1. The van der Waals surface area contributed by atoms with Crippen molar-refractivity contribution in [1.29, 1.82) is 0 Å². The van der Waals surface area contributed by atoms with Crippen LogP contribution in [0.1, 0.15) is 33.2 Å². The van der Waals surface area contributed by atoms with Crippen LogP contribution < -0.4 is 0 Å². The lowest BCUT2D eigenvalue weighted by atomic mass is 10.0. The lowest BCUT2D eigenvalue weighted by Crippen LogP contribution is -2.08. The van der Waals surface area contributed by atoms with Gasteiger partial charge in [-0.05, 0) is 19.4 Å². The summed E-state index contributed by atoms with van der Waals surface area (Å²) in [6.45, 7) is 4.06. The molecule has 2 atom stereocenters. The highest BCUT2D eigenvalue weighted by Crippen LogP contribution is 2.40. The van der Waals surface area contributed by atoms with Gasteiger partial charge in [0, 0.05) is 5.56 Å². The fourth-order valence-electron chi connectivity index (χ4n) is 2.20. The molecule has 1 heterocycles. The molecule has 19 heavy (non-hydrogen) atoms. The smallest absolute Gasteiger partial charge is 0.194 e. The minimum Gasteiger partial charge on any atom is -0.356 e. The van der Waals surface area contributed by atoms with Gasteiger partial charge in [-0.1, -0.05) is 59.7 Å². The second-order valence-electron chi connectivity index (χ2n) is 5.12. The first-order valence-corrected chi connectivity index (χ1v) is 6.48.